The van der Waals surface area contributed by atoms with Crippen LogP contribution in [-0.2, 0) is 17.7 Å². The molecule has 2 heterocycles. The molecule has 0 saturated carbocycles. The van der Waals surface area contributed by atoms with E-state index in [1.807, 2.05) is 26.0 Å². The van der Waals surface area contributed by atoms with Crippen molar-refractivity contribution >= 4 is 39.6 Å². The van der Waals surface area contributed by atoms with Crippen LogP contribution in [0.3, 0.4) is 0 Å². The number of thiocarbonyl (C=S) groups is 1. The van der Waals surface area contributed by atoms with E-state index in [0.717, 1.165) is 60.1 Å². The summed E-state index contributed by atoms with van der Waals surface area (Å²) in [6.07, 6.45) is 0.767. The first-order valence-electron chi connectivity index (χ1n) is 9.66. The lowest BCUT2D eigenvalue weighted by atomic mass is 10.1. The van der Waals surface area contributed by atoms with Crippen molar-refractivity contribution in [2.24, 2.45) is 0 Å². The van der Waals surface area contributed by atoms with Crippen LogP contribution in [0, 0.1) is 12.7 Å². The highest BCUT2D eigenvalue weighted by Gasteiger charge is 2.25. The summed E-state index contributed by atoms with van der Waals surface area (Å²) in [4.78, 5) is 17.8. The SMILES string of the molecule is CCc1c(C)sc(NC(=S)N2CCN(Cc3ccc(F)cc3)CC2)c1C(=O)OC. The zero-order chi connectivity index (χ0) is 21.0. The Balaban J connectivity index is 1.60. The molecule has 1 aliphatic heterocycles. The van der Waals surface area contributed by atoms with Gasteiger partial charge in [0.05, 0.1) is 12.7 Å². The van der Waals surface area contributed by atoms with Gasteiger partial charge in [0.15, 0.2) is 5.11 Å². The molecule has 0 atom stereocenters. The molecule has 0 unspecified atom stereocenters. The Morgan fingerprint density at radius 2 is 1.90 bits per heavy atom. The van der Waals surface area contributed by atoms with Crippen molar-refractivity contribution in [1.82, 2.24) is 9.80 Å². The molecule has 5 nitrogen and oxygen atoms in total. The highest BCUT2D eigenvalue weighted by atomic mass is 32.1. The monoisotopic (exact) mass is 435 g/mol. The molecule has 0 radical (unpaired) electrons. The van der Waals surface area contributed by atoms with Gasteiger partial charge < -0.3 is 15.0 Å². The van der Waals surface area contributed by atoms with Crippen molar-refractivity contribution in [3.8, 4) is 0 Å². The van der Waals surface area contributed by atoms with Gasteiger partial charge in [-0.05, 0) is 48.8 Å². The number of rotatable bonds is 5. The lowest BCUT2D eigenvalue weighted by Crippen LogP contribution is -2.49. The van der Waals surface area contributed by atoms with Crippen LogP contribution >= 0.6 is 23.6 Å². The van der Waals surface area contributed by atoms with Crippen molar-refractivity contribution in [3.63, 3.8) is 0 Å². The number of anilines is 1. The minimum Gasteiger partial charge on any atom is -0.465 e. The first-order chi connectivity index (χ1) is 13.9. The van der Waals surface area contributed by atoms with E-state index in [1.165, 1.54) is 30.6 Å². The number of thiophene rings is 1. The molecule has 2 aromatic rings. The smallest absolute Gasteiger partial charge is 0.341 e. The molecule has 0 spiro atoms. The second-order valence-electron chi connectivity index (χ2n) is 7.01. The Morgan fingerprint density at radius 3 is 2.48 bits per heavy atom. The van der Waals surface area contributed by atoms with E-state index in [0.29, 0.717) is 10.7 Å². The third kappa shape index (κ3) is 5.12. The number of esters is 1. The normalized spacial score (nSPS) is 14.7. The fourth-order valence-electron chi connectivity index (χ4n) is 3.54. The van der Waals surface area contributed by atoms with Gasteiger partial charge in [-0.1, -0.05) is 19.1 Å². The Hall–Kier alpha value is -2.03. The van der Waals surface area contributed by atoms with Crippen LogP contribution in [-0.4, -0.2) is 54.2 Å². The van der Waals surface area contributed by atoms with Gasteiger partial charge in [0, 0.05) is 37.6 Å². The van der Waals surface area contributed by atoms with Gasteiger partial charge in [0.1, 0.15) is 10.8 Å². The zero-order valence-corrected chi connectivity index (χ0v) is 18.6. The van der Waals surface area contributed by atoms with Crippen molar-refractivity contribution in [3.05, 3.63) is 51.7 Å². The molecule has 1 aromatic carbocycles. The maximum Gasteiger partial charge on any atom is 0.341 e. The van der Waals surface area contributed by atoms with E-state index in [1.54, 1.807) is 0 Å². The number of hydrogen-bond donors (Lipinski definition) is 1. The summed E-state index contributed by atoms with van der Waals surface area (Å²) in [5, 5.41) is 4.66. The standard InChI is InChI=1S/C21H26FN3O2S2/c1-4-17-14(2)29-19(18(17)20(26)27-3)23-21(28)25-11-9-24(10-12-25)13-15-5-7-16(22)8-6-15/h5-8H,4,9-13H2,1-3H3,(H,23,28). The lowest BCUT2D eigenvalue weighted by Gasteiger charge is -2.36. The predicted molar refractivity (Wildman–Crippen MR) is 119 cm³/mol. The van der Waals surface area contributed by atoms with Crippen molar-refractivity contribution < 1.29 is 13.9 Å². The largest absolute Gasteiger partial charge is 0.465 e. The van der Waals surface area contributed by atoms with Gasteiger partial charge in [-0.15, -0.1) is 11.3 Å². The number of piperazine rings is 1. The number of nitrogens with one attached hydrogen (secondary N) is 1. The minimum atomic E-state index is -0.333. The molecular weight excluding hydrogens is 409 g/mol. The number of carbonyl (C=O) groups is 1. The molecule has 1 aliphatic rings. The summed E-state index contributed by atoms with van der Waals surface area (Å²) in [5.41, 5.74) is 2.70. The van der Waals surface area contributed by atoms with E-state index in [2.05, 4.69) is 15.1 Å². The van der Waals surface area contributed by atoms with E-state index in [-0.39, 0.29) is 11.8 Å². The van der Waals surface area contributed by atoms with Gasteiger partial charge in [0.2, 0.25) is 0 Å². The van der Waals surface area contributed by atoms with Gasteiger partial charge in [-0.25, -0.2) is 9.18 Å². The van der Waals surface area contributed by atoms with E-state index in [9.17, 15) is 9.18 Å². The van der Waals surface area contributed by atoms with Gasteiger partial charge in [0.25, 0.3) is 0 Å². The molecule has 8 heteroatoms. The Labute approximate surface area is 180 Å². The fraction of sp³-hybridized carbons (Fsp3) is 0.429. The van der Waals surface area contributed by atoms with Gasteiger partial charge in [-0.2, -0.15) is 0 Å². The molecule has 29 heavy (non-hydrogen) atoms. The van der Waals surface area contributed by atoms with Crippen LogP contribution < -0.4 is 5.32 Å². The summed E-state index contributed by atoms with van der Waals surface area (Å²) < 4.78 is 18.0. The molecule has 0 bridgehead atoms. The summed E-state index contributed by atoms with van der Waals surface area (Å²) in [5.74, 6) is -0.544. The average molecular weight is 436 g/mol. The summed E-state index contributed by atoms with van der Waals surface area (Å²) in [6, 6.07) is 6.65. The second kappa shape index (κ2) is 9.65. The molecule has 3 rings (SSSR count). The Kier molecular flexibility index (Phi) is 7.21. The fourth-order valence-corrected chi connectivity index (χ4v) is 5.03. The summed E-state index contributed by atoms with van der Waals surface area (Å²) in [7, 11) is 1.40. The molecule has 0 aliphatic carbocycles. The summed E-state index contributed by atoms with van der Waals surface area (Å²) in [6.45, 7) is 8.17. The summed E-state index contributed by atoms with van der Waals surface area (Å²) >= 11 is 7.16. The van der Waals surface area contributed by atoms with Crippen LogP contribution in [0.1, 0.15) is 33.3 Å². The number of carbonyl (C=O) groups excluding carboxylic acids is 1. The van der Waals surface area contributed by atoms with Crippen LogP contribution in [0.4, 0.5) is 9.39 Å². The Morgan fingerprint density at radius 1 is 1.24 bits per heavy atom. The highest BCUT2D eigenvalue weighted by molar-refractivity contribution is 7.80. The van der Waals surface area contributed by atoms with E-state index >= 15 is 0 Å². The van der Waals surface area contributed by atoms with Crippen LogP contribution in [0.15, 0.2) is 24.3 Å². The van der Waals surface area contributed by atoms with E-state index in [4.69, 9.17) is 17.0 Å². The molecule has 1 fully saturated rings. The number of nitrogens with zero attached hydrogens (tertiary/aromatic N) is 2. The second-order valence-corrected chi connectivity index (χ2v) is 8.62. The molecule has 1 aromatic heterocycles. The number of ether oxygens (including phenoxy) is 1. The maximum absolute atomic E-state index is 13.1. The van der Waals surface area contributed by atoms with Gasteiger partial charge >= 0.3 is 5.97 Å². The van der Waals surface area contributed by atoms with Gasteiger partial charge in [-0.3, -0.25) is 4.90 Å². The topological polar surface area (TPSA) is 44.8 Å². The predicted octanol–water partition coefficient (Wildman–Crippen LogP) is 4.06. The van der Waals surface area contributed by atoms with Crippen LogP contribution in [0.5, 0.6) is 0 Å². The molecule has 1 saturated heterocycles. The number of halogens is 1. The average Bonchev–Trinajstić information content (AvgIpc) is 3.04. The third-order valence-electron chi connectivity index (χ3n) is 5.15. The molecule has 0 amide bonds. The van der Waals surface area contributed by atoms with Crippen LogP contribution in [0.25, 0.3) is 0 Å². The first kappa shape index (κ1) is 21.7. The number of hydrogen-bond acceptors (Lipinski definition) is 5. The van der Waals surface area contributed by atoms with Crippen molar-refractivity contribution in [2.45, 2.75) is 26.8 Å². The number of methoxy groups -OCH3 is 1. The van der Waals surface area contributed by atoms with E-state index < -0.39 is 0 Å². The quantitative estimate of drug-likeness (QED) is 0.565. The first-order valence-corrected chi connectivity index (χ1v) is 10.9. The molecular formula is C21H26FN3O2S2. The number of benzene rings is 1. The third-order valence-corrected chi connectivity index (χ3v) is 6.57. The highest BCUT2D eigenvalue weighted by Crippen LogP contribution is 2.34. The Bertz CT molecular complexity index is 875. The molecule has 156 valence electrons. The minimum absolute atomic E-state index is 0.212. The van der Waals surface area contributed by atoms with Crippen LogP contribution in [0.2, 0.25) is 0 Å². The maximum atomic E-state index is 13.1. The number of aryl methyl sites for hydroxylation is 1. The van der Waals surface area contributed by atoms with Crippen molar-refractivity contribution in [2.75, 3.05) is 38.6 Å². The molecule has 1 N–H and O–H groups in total. The zero-order valence-electron chi connectivity index (χ0n) is 17.0. The van der Waals surface area contributed by atoms with Crippen molar-refractivity contribution in [1.29, 1.82) is 0 Å². The lowest BCUT2D eigenvalue weighted by molar-refractivity contribution is 0.0601.